The number of fused-ring (bicyclic) bond motifs is 1. The van der Waals surface area contributed by atoms with E-state index >= 15 is 0 Å². The first-order chi connectivity index (χ1) is 11.3. The number of carbonyl (C=O) groups is 1. The van der Waals surface area contributed by atoms with Crippen molar-refractivity contribution in [2.45, 2.75) is 37.1 Å². The Balaban J connectivity index is 1.65. The number of aromatic nitrogens is 1. The molecule has 1 aliphatic rings. The smallest absolute Gasteiger partial charge is 0.251 e. The molecule has 0 bridgehead atoms. The number of aryl methyl sites for hydroxylation is 1. The minimum Gasteiger partial charge on any atom is -0.351 e. The van der Waals surface area contributed by atoms with E-state index in [9.17, 15) is 4.79 Å². The molecule has 1 atom stereocenters. The first-order valence-electron chi connectivity index (χ1n) is 8.22. The van der Waals surface area contributed by atoms with Gasteiger partial charge in [0, 0.05) is 24.2 Å². The van der Waals surface area contributed by atoms with Crippen molar-refractivity contribution in [3.05, 3.63) is 59.3 Å². The summed E-state index contributed by atoms with van der Waals surface area (Å²) in [5, 5.41) is 4.01. The summed E-state index contributed by atoms with van der Waals surface area (Å²) in [5.41, 5.74) is 3.53. The van der Waals surface area contributed by atoms with Crippen molar-refractivity contribution in [2.24, 2.45) is 0 Å². The Morgan fingerprint density at radius 3 is 3.09 bits per heavy atom. The number of carbonyl (C=O) groups excluding carboxylic acids is 1. The van der Waals surface area contributed by atoms with E-state index in [1.165, 1.54) is 17.5 Å². The molecule has 4 heteroatoms. The maximum Gasteiger partial charge on any atom is 0.251 e. The Morgan fingerprint density at radius 2 is 2.22 bits per heavy atom. The monoisotopic (exact) mass is 326 g/mol. The molecule has 120 valence electrons. The number of pyridine rings is 1. The van der Waals surface area contributed by atoms with Crippen LogP contribution >= 0.6 is 11.8 Å². The highest BCUT2D eigenvalue weighted by atomic mass is 32.2. The van der Waals surface area contributed by atoms with Gasteiger partial charge in [-0.1, -0.05) is 31.2 Å². The average Bonchev–Trinajstić information content (AvgIpc) is 2.60. The number of benzene rings is 1. The molecule has 2 aromatic rings. The van der Waals surface area contributed by atoms with Gasteiger partial charge in [0.25, 0.3) is 5.91 Å². The summed E-state index contributed by atoms with van der Waals surface area (Å²) in [4.78, 5) is 16.7. The fourth-order valence-corrected chi connectivity index (χ4v) is 3.80. The van der Waals surface area contributed by atoms with Crippen molar-refractivity contribution in [2.75, 3.05) is 12.3 Å². The molecule has 3 rings (SSSR count). The van der Waals surface area contributed by atoms with Gasteiger partial charge in [-0.15, -0.1) is 11.8 Å². The predicted octanol–water partition coefficient (Wildman–Crippen LogP) is 4.04. The first kappa shape index (κ1) is 16.1. The van der Waals surface area contributed by atoms with Crippen molar-refractivity contribution < 1.29 is 4.79 Å². The van der Waals surface area contributed by atoms with Crippen LogP contribution in [0.4, 0.5) is 0 Å². The lowest BCUT2D eigenvalue weighted by atomic mass is 9.83. The van der Waals surface area contributed by atoms with Crippen LogP contribution in [0.1, 0.15) is 47.2 Å². The molecule has 1 unspecified atom stereocenters. The third-order valence-electron chi connectivity index (χ3n) is 4.29. The van der Waals surface area contributed by atoms with Crippen LogP contribution in [0.15, 0.2) is 47.6 Å². The molecule has 1 heterocycles. The fourth-order valence-electron chi connectivity index (χ4n) is 3.16. The van der Waals surface area contributed by atoms with Crippen LogP contribution < -0.4 is 5.32 Å². The standard InChI is InChI=1S/C19H22N2OS/c1-2-23-18-12-15(10-11-20-18)19(22)21-13-16-8-5-7-14-6-3-4-9-17(14)16/h3-4,6,9-12,16H,2,5,7-8,13H2,1H3,(H,21,22). The Bertz CT molecular complexity index is 687. The molecule has 0 aliphatic heterocycles. The summed E-state index contributed by atoms with van der Waals surface area (Å²) in [7, 11) is 0. The normalized spacial score (nSPS) is 16.7. The Labute approximate surface area is 141 Å². The zero-order chi connectivity index (χ0) is 16.1. The highest BCUT2D eigenvalue weighted by Gasteiger charge is 2.20. The van der Waals surface area contributed by atoms with Gasteiger partial charge in [-0.05, 0) is 48.3 Å². The maximum absolute atomic E-state index is 12.4. The van der Waals surface area contributed by atoms with Crippen LogP contribution in [-0.2, 0) is 6.42 Å². The lowest BCUT2D eigenvalue weighted by Gasteiger charge is -2.25. The topological polar surface area (TPSA) is 42.0 Å². The Kier molecular flexibility index (Phi) is 5.34. The Morgan fingerprint density at radius 1 is 1.35 bits per heavy atom. The lowest BCUT2D eigenvalue weighted by Crippen LogP contribution is -2.30. The van der Waals surface area contributed by atoms with E-state index in [-0.39, 0.29) is 5.91 Å². The van der Waals surface area contributed by atoms with Crippen molar-refractivity contribution in [1.82, 2.24) is 10.3 Å². The molecule has 1 aliphatic carbocycles. The van der Waals surface area contributed by atoms with E-state index in [1.54, 1.807) is 24.0 Å². The number of nitrogens with zero attached hydrogens (tertiary/aromatic N) is 1. The first-order valence-corrected chi connectivity index (χ1v) is 9.21. The van der Waals surface area contributed by atoms with Crippen LogP contribution in [0.25, 0.3) is 0 Å². The third kappa shape index (κ3) is 3.94. The van der Waals surface area contributed by atoms with Crippen molar-refractivity contribution >= 4 is 17.7 Å². The largest absolute Gasteiger partial charge is 0.351 e. The second-order valence-electron chi connectivity index (χ2n) is 5.81. The molecule has 1 N–H and O–H groups in total. The van der Waals surface area contributed by atoms with E-state index in [2.05, 4.69) is 41.5 Å². The molecular formula is C19H22N2OS. The molecule has 1 aromatic carbocycles. The second kappa shape index (κ2) is 7.64. The second-order valence-corrected chi connectivity index (χ2v) is 7.10. The van der Waals surface area contributed by atoms with Gasteiger partial charge < -0.3 is 5.32 Å². The van der Waals surface area contributed by atoms with E-state index < -0.39 is 0 Å². The van der Waals surface area contributed by atoms with Gasteiger partial charge in [0.2, 0.25) is 0 Å². The van der Waals surface area contributed by atoms with Crippen molar-refractivity contribution in [3.8, 4) is 0 Å². The lowest BCUT2D eigenvalue weighted by molar-refractivity contribution is 0.0950. The molecular weight excluding hydrogens is 304 g/mol. The average molecular weight is 326 g/mol. The van der Waals surface area contributed by atoms with Gasteiger partial charge in [-0.25, -0.2) is 4.98 Å². The van der Waals surface area contributed by atoms with E-state index in [0.717, 1.165) is 23.6 Å². The van der Waals surface area contributed by atoms with Gasteiger partial charge in [0.05, 0.1) is 5.03 Å². The number of rotatable bonds is 5. The molecule has 0 saturated carbocycles. The van der Waals surface area contributed by atoms with Crippen LogP contribution in [0.3, 0.4) is 0 Å². The molecule has 3 nitrogen and oxygen atoms in total. The summed E-state index contributed by atoms with van der Waals surface area (Å²) >= 11 is 1.65. The van der Waals surface area contributed by atoms with Crippen molar-refractivity contribution in [3.63, 3.8) is 0 Å². The third-order valence-corrected chi connectivity index (χ3v) is 5.10. The van der Waals surface area contributed by atoms with Crippen molar-refractivity contribution in [1.29, 1.82) is 0 Å². The van der Waals surface area contributed by atoms with Gasteiger partial charge in [0.15, 0.2) is 0 Å². The summed E-state index contributed by atoms with van der Waals surface area (Å²) < 4.78 is 0. The van der Waals surface area contributed by atoms with E-state index in [1.807, 2.05) is 6.07 Å². The summed E-state index contributed by atoms with van der Waals surface area (Å²) in [5.74, 6) is 1.38. The summed E-state index contributed by atoms with van der Waals surface area (Å²) in [6, 6.07) is 12.3. The zero-order valence-corrected chi connectivity index (χ0v) is 14.2. The number of amides is 1. The minimum absolute atomic E-state index is 0.00610. The maximum atomic E-state index is 12.4. The zero-order valence-electron chi connectivity index (χ0n) is 13.4. The molecule has 23 heavy (non-hydrogen) atoms. The van der Waals surface area contributed by atoms with Crippen LogP contribution in [0.5, 0.6) is 0 Å². The molecule has 1 amide bonds. The number of hydrogen-bond acceptors (Lipinski definition) is 3. The predicted molar refractivity (Wildman–Crippen MR) is 95.1 cm³/mol. The number of hydrogen-bond donors (Lipinski definition) is 1. The van der Waals surface area contributed by atoms with Gasteiger partial charge in [0.1, 0.15) is 0 Å². The fraction of sp³-hybridized carbons (Fsp3) is 0.368. The highest BCUT2D eigenvalue weighted by molar-refractivity contribution is 7.99. The minimum atomic E-state index is -0.00610. The van der Waals surface area contributed by atoms with Crippen LogP contribution in [0, 0.1) is 0 Å². The van der Waals surface area contributed by atoms with Gasteiger partial charge in [-0.2, -0.15) is 0 Å². The van der Waals surface area contributed by atoms with Crippen LogP contribution in [-0.4, -0.2) is 23.2 Å². The van der Waals surface area contributed by atoms with Gasteiger partial charge >= 0.3 is 0 Å². The quantitative estimate of drug-likeness (QED) is 0.843. The molecule has 0 radical (unpaired) electrons. The highest BCUT2D eigenvalue weighted by Crippen LogP contribution is 2.30. The summed E-state index contributed by atoms with van der Waals surface area (Å²) in [6.07, 6.45) is 5.21. The SMILES string of the molecule is CCSc1cc(C(=O)NCC2CCCc3ccccc32)ccn1. The molecule has 0 spiro atoms. The van der Waals surface area contributed by atoms with Gasteiger partial charge in [-0.3, -0.25) is 4.79 Å². The number of thioether (sulfide) groups is 1. The molecule has 1 aromatic heterocycles. The molecule has 0 saturated heterocycles. The number of nitrogens with one attached hydrogen (secondary N) is 1. The van der Waals surface area contributed by atoms with E-state index in [4.69, 9.17) is 0 Å². The Hall–Kier alpha value is -1.81. The summed E-state index contributed by atoms with van der Waals surface area (Å²) in [6.45, 7) is 2.79. The van der Waals surface area contributed by atoms with E-state index in [0.29, 0.717) is 18.0 Å². The molecule has 0 fully saturated rings. The van der Waals surface area contributed by atoms with Crippen LogP contribution in [0.2, 0.25) is 0 Å².